The number of nitro groups is 1. The van der Waals surface area contributed by atoms with Crippen LogP contribution < -0.4 is 5.32 Å². The van der Waals surface area contributed by atoms with Crippen LogP contribution in [0.5, 0.6) is 0 Å². The van der Waals surface area contributed by atoms with Crippen LogP contribution in [0.3, 0.4) is 0 Å². The summed E-state index contributed by atoms with van der Waals surface area (Å²) in [5, 5.41) is 14.1. The number of rotatable bonds is 5. The number of anilines is 1. The molecule has 2 atom stereocenters. The average Bonchev–Trinajstić information content (AvgIpc) is 2.94. The third-order valence-corrected chi connectivity index (χ3v) is 3.29. The van der Waals surface area contributed by atoms with Gasteiger partial charge in [0.2, 0.25) is 11.1 Å². The molecule has 1 aromatic heterocycles. The van der Waals surface area contributed by atoms with Gasteiger partial charge in [-0.3, -0.25) is 10.1 Å². The molecule has 6 nitrogen and oxygen atoms in total. The minimum atomic E-state index is -0.467. The highest BCUT2D eigenvalue weighted by Gasteiger charge is 2.38. The molecule has 1 aromatic rings. The predicted octanol–water partition coefficient (Wildman–Crippen LogP) is 2.95. The van der Waals surface area contributed by atoms with Gasteiger partial charge in [0.15, 0.2) is 0 Å². The molecule has 0 saturated heterocycles. The van der Waals surface area contributed by atoms with Crippen LogP contribution >= 0.6 is 11.6 Å². The monoisotopic (exact) mass is 270 g/mol. The van der Waals surface area contributed by atoms with Gasteiger partial charge in [0.05, 0.1) is 4.92 Å². The molecule has 0 aromatic carbocycles. The molecule has 0 aliphatic heterocycles. The third-order valence-electron chi connectivity index (χ3n) is 3.12. The summed E-state index contributed by atoms with van der Waals surface area (Å²) in [6.07, 6.45) is 3.28. The number of hydrogen-bond donors (Lipinski definition) is 1. The van der Waals surface area contributed by atoms with Gasteiger partial charge in [-0.2, -0.15) is 4.98 Å². The van der Waals surface area contributed by atoms with Crippen molar-refractivity contribution in [3.05, 3.63) is 21.1 Å². The van der Waals surface area contributed by atoms with Crippen molar-refractivity contribution in [2.75, 3.05) is 5.32 Å². The molecule has 1 N–H and O–H groups in total. The van der Waals surface area contributed by atoms with E-state index in [9.17, 15) is 10.1 Å². The van der Waals surface area contributed by atoms with Gasteiger partial charge >= 0.3 is 5.69 Å². The van der Waals surface area contributed by atoms with Crippen LogP contribution in [0.15, 0.2) is 0 Å². The molecule has 18 heavy (non-hydrogen) atoms. The Balaban J connectivity index is 2.19. The number of halogens is 1. The second kappa shape index (κ2) is 5.06. The molecule has 1 heterocycles. The number of nitrogens with one attached hydrogen (secondary N) is 1. The van der Waals surface area contributed by atoms with E-state index in [4.69, 9.17) is 11.6 Å². The summed E-state index contributed by atoms with van der Waals surface area (Å²) >= 11 is 5.74. The zero-order valence-electron chi connectivity index (χ0n) is 10.3. The van der Waals surface area contributed by atoms with Crippen LogP contribution in [-0.4, -0.2) is 20.9 Å². The number of aryl methyl sites for hydroxylation is 1. The standard InChI is InChI=1S/C11H15ClN4O2/c1-3-4-7-5-8(7)14-10-9(16(17)18)6(2)13-11(12)15-10/h7-8H,3-5H2,1-2H3,(H,13,14,15). The molecule has 0 bridgehead atoms. The summed E-state index contributed by atoms with van der Waals surface area (Å²) in [5.41, 5.74) is 0.205. The van der Waals surface area contributed by atoms with Crippen LogP contribution in [0.1, 0.15) is 31.9 Å². The van der Waals surface area contributed by atoms with E-state index < -0.39 is 4.92 Å². The topological polar surface area (TPSA) is 81.0 Å². The zero-order valence-corrected chi connectivity index (χ0v) is 11.1. The second-order valence-corrected chi connectivity index (χ2v) is 4.91. The molecule has 2 unspecified atom stereocenters. The predicted molar refractivity (Wildman–Crippen MR) is 68.9 cm³/mol. The van der Waals surface area contributed by atoms with Crippen LogP contribution in [0.25, 0.3) is 0 Å². The maximum atomic E-state index is 11.0. The fourth-order valence-corrected chi connectivity index (χ4v) is 2.35. The molecule has 0 radical (unpaired) electrons. The molecule has 7 heteroatoms. The summed E-state index contributed by atoms with van der Waals surface area (Å²) in [6.45, 7) is 3.69. The van der Waals surface area contributed by atoms with E-state index in [0.717, 1.165) is 19.3 Å². The van der Waals surface area contributed by atoms with Gasteiger partial charge in [-0.15, -0.1) is 0 Å². The summed E-state index contributed by atoms with van der Waals surface area (Å²) in [4.78, 5) is 18.3. The highest BCUT2D eigenvalue weighted by atomic mass is 35.5. The van der Waals surface area contributed by atoms with Crippen LogP contribution in [0.4, 0.5) is 11.5 Å². The molecule has 1 aliphatic rings. The van der Waals surface area contributed by atoms with Crippen molar-refractivity contribution in [1.29, 1.82) is 0 Å². The largest absolute Gasteiger partial charge is 0.361 e. The fraction of sp³-hybridized carbons (Fsp3) is 0.636. The van der Waals surface area contributed by atoms with Crippen molar-refractivity contribution in [3.8, 4) is 0 Å². The minimum Gasteiger partial charge on any atom is -0.361 e. The SMILES string of the molecule is CCCC1CC1Nc1nc(Cl)nc(C)c1[N+](=O)[O-]. The Hall–Kier alpha value is -1.43. The molecule has 0 amide bonds. The molecular weight excluding hydrogens is 256 g/mol. The van der Waals surface area contributed by atoms with E-state index in [1.807, 2.05) is 0 Å². The summed E-state index contributed by atoms with van der Waals surface area (Å²) in [7, 11) is 0. The van der Waals surface area contributed by atoms with E-state index in [2.05, 4.69) is 22.2 Å². The van der Waals surface area contributed by atoms with E-state index in [1.54, 1.807) is 6.92 Å². The van der Waals surface area contributed by atoms with E-state index in [0.29, 0.717) is 5.92 Å². The van der Waals surface area contributed by atoms with Crippen LogP contribution in [0.2, 0.25) is 5.28 Å². The van der Waals surface area contributed by atoms with Crippen LogP contribution in [-0.2, 0) is 0 Å². The third kappa shape index (κ3) is 2.69. The molecule has 1 saturated carbocycles. The molecule has 98 valence electrons. The minimum absolute atomic E-state index is 0.0355. The Kier molecular flexibility index (Phi) is 3.65. The quantitative estimate of drug-likeness (QED) is 0.505. The van der Waals surface area contributed by atoms with E-state index in [-0.39, 0.29) is 28.5 Å². The summed E-state index contributed by atoms with van der Waals surface area (Å²) < 4.78 is 0. The average molecular weight is 271 g/mol. The fourth-order valence-electron chi connectivity index (χ4n) is 2.14. The highest BCUT2D eigenvalue weighted by molar-refractivity contribution is 6.28. The second-order valence-electron chi connectivity index (χ2n) is 4.57. The Bertz CT molecular complexity index is 480. The van der Waals surface area contributed by atoms with Gasteiger partial charge in [0, 0.05) is 6.04 Å². The van der Waals surface area contributed by atoms with Crippen molar-refractivity contribution in [3.63, 3.8) is 0 Å². The van der Waals surface area contributed by atoms with Crippen molar-refractivity contribution < 1.29 is 4.92 Å². The lowest BCUT2D eigenvalue weighted by molar-refractivity contribution is -0.385. The summed E-state index contributed by atoms with van der Waals surface area (Å²) in [6, 6.07) is 0.272. The Morgan fingerprint density at radius 1 is 1.56 bits per heavy atom. The first-order valence-electron chi connectivity index (χ1n) is 5.98. The molecule has 1 aliphatic carbocycles. The zero-order chi connectivity index (χ0) is 13.3. The lowest BCUT2D eigenvalue weighted by Crippen LogP contribution is -2.10. The molecule has 0 spiro atoms. The van der Waals surface area contributed by atoms with Crippen molar-refractivity contribution in [2.45, 2.75) is 39.2 Å². The van der Waals surface area contributed by atoms with Gasteiger partial charge in [-0.25, -0.2) is 4.98 Å². The maximum absolute atomic E-state index is 11.0. The summed E-state index contributed by atoms with van der Waals surface area (Å²) in [5.74, 6) is 0.824. The Morgan fingerprint density at radius 2 is 2.28 bits per heavy atom. The maximum Gasteiger partial charge on any atom is 0.332 e. The smallest absolute Gasteiger partial charge is 0.332 e. The van der Waals surface area contributed by atoms with E-state index >= 15 is 0 Å². The molecule has 2 rings (SSSR count). The normalized spacial score (nSPS) is 21.7. The first-order chi connectivity index (χ1) is 8.52. The van der Waals surface area contributed by atoms with Gasteiger partial charge in [-0.05, 0) is 37.3 Å². The van der Waals surface area contributed by atoms with Crippen molar-refractivity contribution in [2.24, 2.45) is 5.92 Å². The first kappa shape index (κ1) is 13.0. The number of aromatic nitrogens is 2. The van der Waals surface area contributed by atoms with Gasteiger partial charge in [0.25, 0.3) is 0 Å². The van der Waals surface area contributed by atoms with Crippen molar-refractivity contribution >= 4 is 23.1 Å². The highest BCUT2D eigenvalue weighted by Crippen LogP contribution is 2.39. The van der Waals surface area contributed by atoms with Gasteiger partial charge in [0.1, 0.15) is 5.69 Å². The number of hydrogen-bond acceptors (Lipinski definition) is 5. The Morgan fingerprint density at radius 3 is 2.89 bits per heavy atom. The van der Waals surface area contributed by atoms with E-state index in [1.165, 1.54) is 0 Å². The lowest BCUT2D eigenvalue weighted by atomic mass is 10.2. The lowest BCUT2D eigenvalue weighted by Gasteiger charge is -2.07. The van der Waals surface area contributed by atoms with Crippen LogP contribution in [0, 0.1) is 23.0 Å². The Labute approximate surface area is 110 Å². The molecular formula is C11H15ClN4O2. The molecule has 1 fully saturated rings. The van der Waals surface area contributed by atoms with Gasteiger partial charge < -0.3 is 5.32 Å². The number of nitrogens with zero attached hydrogens (tertiary/aromatic N) is 3. The van der Waals surface area contributed by atoms with Gasteiger partial charge in [-0.1, -0.05) is 13.3 Å². The van der Waals surface area contributed by atoms with Crippen molar-refractivity contribution in [1.82, 2.24) is 9.97 Å². The first-order valence-corrected chi connectivity index (χ1v) is 6.35.